The molecule has 0 aliphatic carbocycles. The van der Waals surface area contributed by atoms with E-state index < -0.39 is 0 Å². The fourth-order valence-electron chi connectivity index (χ4n) is 4.04. The third-order valence-corrected chi connectivity index (χ3v) is 6.55. The molecule has 0 spiro atoms. The molecule has 1 aliphatic rings. The van der Waals surface area contributed by atoms with Gasteiger partial charge >= 0.3 is 0 Å². The van der Waals surface area contributed by atoms with E-state index in [4.69, 9.17) is 4.74 Å². The van der Waals surface area contributed by atoms with Crippen LogP contribution in [0.3, 0.4) is 0 Å². The van der Waals surface area contributed by atoms with Gasteiger partial charge in [0.1, 0.15) is 5.75 Å². The molecule has 1 saturated heterocycles. The summed E-state index contributed by atoms with van der Waals surface area (Å²) >= 11 is 1.69. The lowest BCUT2D eigenvalue weighted by Crippen LogP contribution is -2.38. The van der Waals surface area contributed by atoms with Crippen molar-refractivity contribution in [3.8, 4) is 16.2 Å². The highest BCUT2D eigenvalue weighted by Crippen LogP contribution is 2.30. The molecular weight excluding hydrogens is 408 g/mol. The van der Waals surface area contributed by atoms with Gasteiger partial charge in [0.15, 0.2) is 0 Å². The Labute approximate surface area is 186 Å². The summed E-state index contributed by atoms with van der Waals surface area (Å²) in [5.74, 6) is 0.442. The van der Waals surface area contributed by atoms with E-state index >= 15 is 0 Å². The van der Waals surface area contributed by atoms with Gasteiger partial charge in [0, 0.05) is 30.1 Å². The minimum atomic E-state index is -0.287. The lowest BCUT2D eigenvalue weighted by atomic mass is 9.94. The standard InChI is InChI=1S/C25H26N2O3S/c1-30-22-10-5-3-8-19(22)16-24(28)27-13-12-26-25(29)20(17-27)15-18-7-2-4-9-21(18)23-11-6-14-31-23/h2-11,14,20H,12-13,15-17H2,1H3,(H,26,29)/t20-/m0/s1. The topological polar surface area (TPSA) is 58.6 Å². The van der Waals surface area contributed by atoms with E-state index in [0.717, 1.165) is 16.7 Å². The highest BCUT2D eigenvalue weighted by atomic mass is 32.1. The zero-order chi connectivity index (χ0) is 21.6. The first-order valence-electron chi connectivity index (χ1n) is 10.4. The van der Waals surface area contributed by atoms with Crippen LogP contribution < -0.4 is 10.1 Å². The minimum absolute atomic E-state index is 0.00794. The zero-order valence-corrected chi connectivity index (χ0v) is 18.4. The fourth-order valence-corrected chi connectivity index (χ4v) is 4.83. The zero-order valence-electron chi connectivity index (χ0n) is 17.5. The Morgan fingerprint density at radius 2 is 1.87 bits per heavy atom. The number of nitrogens with zero attached hydrogens (tertiary/aromatic N) is 1. The Morgan fingerprint density at radius 1 is 1.10 bits per heavy atom. The molecule has 1 aliphatic heterocycles. The number of rotatable bonds is 6. The van der Waals surface area contributed by atoms with E-state index in [1.807, 2.05) is 47.4 Å². The first-order chi connectivity index (χ1) is 15.2. The number of hydrogen-bond acceptors (Lipinski definition) is 4. The van der Waals surface area contributed by atoms with Gasteiger partial charge < -0.3 is 15.0 Å². The average Bonchev–Trinajstić information content (AvgIpc) is 3.26. The van der Waals surface area contributed by atoms with Crippen molar-refractivity contribution in [1.29, 1.82) is 0 Å². The Kier molecular flexibility index (Phi) is 6.67. The highest BCUT2D eigenvalue weighted by molar-refractivity contribution is 7.13. The molecule has 3 aromatic rings. The van der Waals surface area contributed by atoms with Gasteiger partial charge in [-0.25, -0.2) is 0 Å². The Morgan fingerprint density at radius 3 is 2.65 bits per heavy atom. The van der Waals surface area contributed by atoms with Gasteiger partial charge in [-0.15, -0.1) is 11.3 Å². The van der Waals surface area contributed by atoms with Crippen molar-refractivity contribution in [2.45, 2.75) is 12.8 Å². The summed E-state index contributed by atoms with van der Waals surface area (Å²) in [6.07, 6.45) is 0.856. The third kappa shape index (κ3) is 4.97. The maximum atomic E-state index is 13.1. The maximum Gasteiger partial charge on any atom is 0.227 e. The second kappa shape index (κ2) is 9.79. The van der Waals surface area contributed by atoms with E-state index in [2.05, 4.69) is 28.9 Å². The normalized spacial score (nSPS) is 16.5. The number of carbonyl (C=O) groups excluding carboxylic acids is 2. The van der Waals surface area contributed by atoms with Crippen LogP contribution in [0, 0.1) is 5.92 Å². The van der Waals surface area contributed by atoms with E-state index in [1.54, 1.807) is 18.4 Å². The van der Waals surface area contributed by atoms with Crippen LogP contribution in [0.1, 0.15) is 11.1 Å². The second-order valence-corrected chi connectivity index (χ2v) is 8.60. The predicted molar refractivity (Wildman–Crippen MR) is 123 cm³/mol. The van der Waals surface area contributed by atoms with Crippen molar-refractivity contribution in [2.75, 3.05) is 26.7 Å². The molecule has 160 valence electrons. The molecule has 5 nitrogen and oxygen atoms in total. The molecule has 1 aromatic heterocycles. The number of amides is 2. The molecule has 31 heavy (non-hydrogen) atoms. The summed E-state index contributed by atoms with van der Waals surface area (Å²) in [6.45, 7) is 1.40. The van der Waals surface area contributed by atoms with Crippen molar-refractivity contribution in [3.05, 3.63) is 77.2 Å². The fraction of sp³-hybridized carbons (Fsp3) is 0.280. The van der Waals surface area contributed by atoms with Gasteiger partial charge in [-0.2, -0.15) is 0 Å². The van der Waals surface area contributed by atoms with Gasteiger partial charge in [-0.1, -0.05) is 48.5 Å². The predicted octanol–water partition coefficient (Wildman–Crippen LogP) is 3.78. The number of methoxy groups -OCH3 is 1. The van der Waals surface area contributed by atoms with Crippen LogP contribution in [0.4, 0.5) is 0 Å². The van der Waals surface area contributed by atoms with Crippen LogP contribution >= 0.6 is 11.3 Å². The molecule has 2 amide bonds. The molecule has 1 N–H and O–H groups in total. The van der Waals surface area contributed by atoms with Crippen molar-refractivity contribution in [1.82, 2.24) is 10.2 Å². The van der Waals surface area contributed by atoms with Crippen molar-refractivity contribution in [3.63, 3.8) is 0 Å². The molecule has 4 rings (SSSR count). The molecule has 6 heteroatoms. The van der Waals surface area contributed by atoms with E-state index in [9.17, 15) is 9.59 Å². The highest BCUT2D eigenvalue weighted by Gasteiger charge is 2.28. The second-order valence-electron chi connectivity index (χ2n) is 7.65. The summed E-state index contributed by atoms with van der Waals surface area (Å²) in [5, 5.41) is 5.04. The summed E-state index contributed by atoms with van der Waals surface area (Å²) in [6, 6.07) is 19.9. The summed E-state index contributed by atoms with van der Waals surface area (Å²) in [5.41, 5.74) is 3.14. The number of para-hydroxylation sites is 1. The SMILES string of the molecule is COc1ccccc1CC(=O)N1CCNC(=O)[C@@H](Cc2ccccc2-c2cccs2)C1. The van der Waals surface area contributed by atoms with Crippen LogP contribution in [0.5, 0.6) is 5.75 Å². The van der Waals surface area contributed by atoms with Crippen LogP contribution in [0.2, 0.25) is 0 Å². The Hall–Kier alpha value is -3.12. The van der Waals surface area contributed by atoms with Crippen molar-refractivity contribution >= 4 is 23.2 Å². The maximum absolute atomic E-state index is 13.1. The van der Waals surface area contributed by atoms with Crippen LogP contribution in [0.25, 0.3) is 10.4 Å². The van der Waals surface area contributed by atoms with E-state index in [1.165, 1.54) is 4.88 Å². The molecule has 1 fully saturated rings. The quantitative estimate of drug-likeness (QED) is 0.642. The third-order valence-electron chi connectivity index (χ3n) is 5.65. The van der Waals surface area contributed by atoms with E-state index in [0.29, 0.717) is 31.8 Å². The largest absolute Gasteiger partial charge is 0.496 e. The minimum Gasteiger partial charge on any atom is -0.496 e. The van der Waals surface area contributed by atoms with Gasteiger partial charge in [-0.05, 0) is 35.1 Å². The van der Waals surface area contributed by atoms with Crippen molar-refractivity contribution < 1.29 is 14.3 Å². The number of ether oxygens (including phenoxy) is 1. The lowest BCUT2D eigenvalue weighted by molar-refractivity contribution is -0.131. The van der Waals surface area contributed by atoms with E-state index in [-0.39, 0.29) is 24.2 Å². The Balaban J connectivity index is 1.51. The molecule has 2 aromatic carbocycles. The Bertz CT molecular complexity index is 1050. The monoisotopic (exact) mass is 434 g/mol. The molecule has 0 radical (unpaired) electrons. The first-order valence-corrected chi connectivity index (χ1v) is 11.3. The molecule has 1 atom stereocenters. The van der Waals surface area contributed by atoms with Gasteiger partial charge in [0.05, 0.1) is 19.4 Å². The summed E-state index contributed by atoms with van der Waals surface area (Å²) < 4.78 is 5.39. The molecule has 0 bridgehead atoms. The van der Waals surface area contributed by atoms with Gasteiger partial charge in [0.2, 0.25) is 11.8 Å². The average molecular weight is 435 g/mol. The molecule has 2 heterocycles. The number of benzene rings is 2. The molecular formula is C25H26N2O3S. The lowest BCUT2D eigenvalue weighted by Gasteiger charge is -2.24. The smallest absolute Gasteiger partial charge is 0.227 e. The molecule has 0 saturated carbocycles. The number of thiophene rings is 1. The van der Waals surface area contributed by atoms with Crippen LogP contribution in [-0.2, 0) is 22.4 Å². The number of hydrogen-bond donors (Lipinski definition) is 1. The molecule has 0 unspecified atom stereocenters. The van der Waals surface area contributed by atoms with Gasteiger partial charge in [-0.3, -0.25) is 9.59 Å². The van der Waals surface area contributed by atoms with Crippen molar-refractivity contribution in [2.24, 2.45) is 5.92 Å². The van der Waals surface area contributed by atoms with Crippen LogP contribution in [0.15, 0.2) is 66.0 Å². The summed E-state index contributed by atoms with van der Waals surface area (Å²) in [7, 11) is 1.61. The number of carbonyl (C=O) groups is 2. The summed E-state index contributed by atoms with van der Waals surface area (Å²) in [4.78, 5) is 28.9. The van der Waals surface area contributed by atoms with Gasteiger partial charge in [0.25, 0.3) is 0 Å². The number of nitrogens with one attached hydrogen (secondary N) is 1. The first kappa shape index (κ1) is 21.1. The van der Waals surface area contributed by atoms with Crippen LogP contribution in [-0.4, -0.2) is 43.5 Å².